The summed E-state index contributed by atoms with van der Waals surface area (Å²) in [6.07, 6.45) is 3.94. The van der Waals surface area contributed by atoms with Crippen LogP contribution in [0.25, 0.3) is 0 Å². The van der Waals surface area contributed by atoms with Crippen LogP contribution in [0.2, 0.25) is 0 Å². The van der Waals surface area contributed by atoms with Crippen molar-refractivity contribution in [2.75, 3.05) is 0 Å². The largest absolute Gasteiger partial charge is 0.392 e. The first-order valence-corrected chi connectivity index (χ1v) is 6.68. The van der Waals surface area contributed by atoms with Crippen LogP contribution < -0.4 is 0 Å². The molecule has 2 rings (SSSR count). The number of halogens is 2. The summed E-state index contributed by atoms with van der Waals surface area (Å²) in [6, 6.07) is 3.42. The Morgan fingerprint density at radius 2 is 2.11 bits per heavy atom. The van der Waals surface area contributed by atoms with Gasteiger partial charge < -0.3 is 5.11 Å². The van der Waals surface area contributed by atoms with Crippen molar-refractivity contribution in [3.63, 3.8) is 0 Å². The average Bonchev–Trinajstić information content (AvgIpc) is 2.34. The lowest BCUT2D eigenvalue weighted by molar-refractivity contribution is 0.0713. The molecule has 0 amide bonds. The Bertz CT molecular complexity index is 405. The Hall–Kier alpha value is -0.960. The molecule has 1 N–H and O–H groups in total. The van der Waals surface area contributed by atoms with Gasteiger partial charge >= 0.3 is 0 Å². The highest BCUT2D eigenvalue weighted by molar-refractivity contribution is 5.19. The summed E-state index contributed by atoms with van der Waals surface area (Å²) in [6.45, 7) is 2.18. The summed E-state index contributed by atoms with van der Waals surface area (Å²) in [5.74, 6) is -0.0397. The first kappa shape index (κ1) is 13.5. The number of rotatable bonds is 3. The molecule has 0 aliphatic heterocycles. The Morgan fingerprint density at radius 3 is 2.83 bits per heavy atom. The maximum absolute atomic E-state index is 13.5. The van der Waals surface area contributed by atoms with Crippen molar-refractivity contribution in [3.05, 3.63) is 35.4 Å². The number of benzene rings is 1. The molecule has 18 heavy (non-hydrogen) atoms. The summed E-state index contributed by atoms with van der Waals surface area (Å²) in [7, 11) is 0. The number of hydrogen-bond acceptors (Lipinski definition) is 1. The van der Waals surface area contributed by atoms with Gasteiger partial charge in [0.2, 0.25) is 0 Å². The maximum Gasteiger partial charge on any atom is 0.126 e. The highest BCUT2D eigenvalue weighted by atomic mass is 19.1. The molecular formula is C15H20F2O. The van der Waals surface area contributed by atoms with E-state index < -0.39 is 17.7 Å². The van der Waals surface area contributed by atoms with Gasteiger partial charge in [-0.2, -0.15) is 0 Å². The molecule has 3 heteroatoms. The summed E-state index contributed by atoms with van der Waals surface area (Å²) in [4.78, 5) is 0. The molecule has 1 aliphatic rings. The van der Waals surface area contributed by atoms with Crippen molar-refractivity contribution in [2.24, 2.45) is 11.8 Å². The van der Waals surface area contributed by atoms with E-state index in [1.165, 1.54) is 12.5 Å². The Labute approximate surface area is 107 Å². The predicted molar refractivity (Wildman–Crippen MR) is 67.2 cm³/mol. The van der Waals surface area contributed by atoms with E-state index in [0.717, 1.165) is 31.4 Å². The SMILES string of the molecule is CC1CCCC(C(O)Cc2cc(F)ccc2F)C1. The predicted octanol–water partition coefficient (Wildman–Crippen LogP) is 3.69. The van der Waals surface area contributed by atoms with E-state index in [1.807, 2.05) is 0 Å². The molecule has 1 aliphatic carbocycles. The first-order chi connectivity index (χ1) is 8.56. The zero-order valence-electron chi connectivity index (χ0n) is 10.7. The van der Waals surface area contributed by atoms with Crippen LogP contribution in [0.15, 0.2) is 18.2 Å². The molecule has 1 aromatic carbocycles. The number of aliphatic hydroxyl groups excluding tert-OH is 1. The lowest BCUT2D eigenvalue weighted by Gasteiger charge is -2.30. The van der Waals surface area contributed by atoms with Crippen LogP contribution in [0.1, 0.15) is 38.2 Å². The minimum atomic E-state index is -0.566. The van der Waals surface area contributed by atoms with Crippen molar-refractivity contribution in [3.8, 4) is 0 Å². The lowest BCUT2D eigenvalue weighted by atomic mass is 9.78. The van der Waals surface area contributed by atoms with Crippen molar-refractivity contribution >= 4 is 0 Å². The highest BCUT2D eigenvalue weighted by Gasteiger charge is 2.26. The highest BCUT2D eigenvalue weighted by Crippen LogP contribution is 2.32. The zero-order chi connectivity index (χ0) is 13.1. The third kappa shape index (κ3) is 3.29. The Morgan fingerprint density at radius 1 is 1.33 bits per heavy atom. The van der Waals surface area contributed by atoms with E-state index in [0.29, 0.717) is 5.92 Å². The second kappa shape index (κ2) is 5.79. The molecule has 1 nitrogen and oxygen atoms in total. The van der Waals surface area contributed by atoms with Crippen LogP contribution in [-0.4, -0.2) is 11.2 Å². The monoisotopic (exact) mass is 254 g/mol. The number of hydrogen-bond donors (Lipinski definition) is 1. The molecule has 3 unspecified atom stereocenters. The molecule has 1 aromatic rings. The van der Waals surface area contributed by atoms with Crippen molar-refractivity contribution < 1.29 is 13.9 Å². The molecule has 100 valence electrons. The smallest absolute Gasteiger partial charge is 0.126 e. The molecule has 0 radical (unpaired) electrons. The van der Waals surface area contributed by atoms with Gasteiger partial charge in [-0.1, -0.05) is 19.8 Å². The van der Waals surface area contributed by atoms with Crippen LogP contribution in [0.4, 0.5) is 8.78 Å². The molecule has 0 spiro atoms. The minimum Gasteiger partial charge on any atom is -0.392 e. The summed E-state index contributed by atoms with van der Waals surface area (Å²) in [5.41, 5.74) is 0.278. The van der Waals surface area contributed by atoms with Crippen LogP contribution in [0.3, 0.4) is 0 Å². The normalized spacial score (nSPS) is 26.0. The Balaban J connectivity index is 2.01. The fourth-order valence-corrected chi connectivity index (χ4v) is 2.92. The van der Waals surface area contributed by atoms with Crippen LogP contribution >= 0.6 is 0 Å². The van der Waals surface area contributed by atoms with Crippen molar-refractivity contribution in [1.82, 2.24) is 0 Å². The third-order valence-corrected chi connectivity index (χ3v) is 3.96. The standard InChI is InChI=1S/C15H20F2O/c1-10-3-2-4-11(7-10)15(18)9-12-8-13(16)5-6-14(12)17/h5-6,8,10-11,15,18H,2-4,7,9H2,1H3. The molecule has 0 heterocycles. The first-order valence-electron chi connectivity index (χ1n) is 6.68. The molecule has 0 aromatic heterocycles. The molecule has 0 bridgehead atoms. The lowest BCUT2D eigenvalue weighted by Crippen LogP contribution is -2.28. The van der Waals surface area contributed by atoms with E-state index >= 15 is 0 Å². The zero-order valence-corrected chi connectivity index (χ0v) is 10.7. The summed E-state index contributed by atoms with van der Waals surface area (Å²) >= 11 is 0. The fourth-order valence-electron chi connectivity index (χ4n) is 2.92. The second-order valence-corrected chi connectivity index (χ2v) is 5.54. The van der Waals surface area contributed by atoms with Gasteiger partial charge in [0.25, 0.3) is 0 Å². The molecule has 1 saturated carbocycles. The van der Waals surface area contributed by atoms with Crippen LogP contribution in [-0.2, 0) is 6.42 Å². The third-order valence-electron chi connectivity index (χ3n) is 3.96. The van der Waals surface area contributed by atoms with Gasteiger partial charge in [0, 0.05) is 6.42 Å². The molecule has 1 fully saturated rings. The second-order valence-electron chi connectivity index (χ2n) is 5.54. The fraction of sp³-hybridized carbons (Fsp3) is 0.600. The van der Waals surface area contributed by atoms with Crippen LogP contribution in [0, 0.1) is 23.5 Å². The van der Waals surface area contributed by atoms with E-state index in [-0.39, 0.29) is 17.9 Å². The van der Waals surface area contributed by atoms with Gasteiger partial charge in [0.1, 0.15) is 11.6 Å². The quantitative estimate of drug-likeness (QED) is 0.872. The van der Waals surface area contributed by atoms with Crippen molar-refractivity contribution in [2.45, 2.75) is 45.1 Å². The summed E-state index contributed by atoms with van der Waals surface area (Å²) in [5, 5.41) is 10.2. The van der Waals surface area contributed by atoms with E-state index in [2.05, 4.69) is 6.92 Å². The van der Waals surface area contributed by atoms with E-state index in [1.54, 1.807) is 0 Å². The van der Waals surface area contributed by atoms with Crippen LogP contribution in [0.5, 0.6) is 0 Å². The van der Waals surface area contributed by atoms with Gasteiger partial charge in [-0.05, 0) is 48.4 Å². The van der Waals surface area contributed by atoms with E-state index in [4.69, 9.17) is 0 Å². The number of aliphatic hydroxyl groups is 1. The molecule has 0 saturated heterocycles. The van der Waals surface area contributed by atoms with Gasteiger partial charge in [0.15, 0.2) is 0 Å². The van der Waals surface area contributed by atoms with Gasteiger partial charge in [0.05, 0.1) is 6.10 Å². The Kier molecular flexibility index (Phi) is 4.33. The molecular weight excluding hydrogens is 234 g/mol. The van der Waals surface area contributed by atoms with E-state index in [9.17, 15) is 13.9 Å². The van der Waals surface area contributed by atoms with Gasteiger partial charge in [-0.15, -0.1) is 0 Å². The average molecular weight is 254 g/mol. The molecule has 3 atom stereocenters. The van der Waals surface area contributed by atoms with Gasteiger partial charge in [-0.25, -0.2) is 8.78 Å². The summed E-state index contributed by atoms with van der Waals surface area (Å²) < 4.78 is 26.5. The van der Waals surface area contributed by atoms with Gasteiger partial charge in [-0.3, -0.25) is 0 Å². The minimum absolute atomic E-state index is 0.209. The maximum atomic E-state index is 13.5. The van der Waals surface area contributed by atoms with Crippen molar-refractivity contribution in [1.29, 1.82) is 0 Å². The topological polar surface area (TPSA) is 20.2 Å².